The fraction of sp³-hybridized carbons (Fsp3) is 0.417. The second kappa shape index (κ2) is 6.26. The molecule has 3 nitrogen and oxygen atoms in total. The van der Waals surface area contributed by atoms with Crippen molar-refractivity contribution in [3.63, 3.8) is 0 Å². The van der Waals surface area contributed by atoms with Gasteiger partial charge in [-0.15, -0.1) is 22.7 Å². The summed E-state index contributed by atoms with van der Waals surface area (Å²) in [5.74, 6) is 0. The van der Waals surface area contributed by atoms with E-state index in [1.165, 1.54) is 9.75 Å². The summed E-state index contributed by atoms with van der Waals surface area (Å²) in [4.78, 5) is 7.05. The Labute approximate surface area is 109 Å². The van der Waals surface area contributed by atoms with Gasteiger partial charge in [0.05, 0.1) is 12.6 Å². The van der Waals surface area contributed by atoms with E-state index in [9.17, 15) is 0 Å². The number of rotatable bonds is 6. The number of methoxy groups -OCH3 is 1. The molecular formula is C12H16N2OS2. The van der Waals surface area contributed by atoms with Gasteiger partial charge in [0.2, 0.25) is 0 Å². The van der Waals surface area contributed by atoms with E-state index in [-0.39, 0.29) is 6.04 Å². The van der Waals surface area contributed by atoms with Crippen molar-refractivity contribution < 1.29 is 4.74 Å². The van der Waals surface area contributed by atoms with E-state index in [0.717, 1.165) is 11.6 Å². The van der Waals surface area contributed by atoms with Crippen LogP contribution in [0.5, 0.6) is 0 Å². The Bertz CT molecular complexity index is 439. The maximum absolute atomic E-state index is 5.07. The average molecular weight is 268 g/mol. The van der Waals surface area contributed by atoms with Crippen LogP contribution in [-0.4, -0.2) is 25.2 Å². The minimum Gasteiger partial charge on any atom is -0.383 e. The van der Waals surface area contributed by atoms with Crippen LogP contribution in [0.3, 0.4) is 0 Å². The first-order valence-electron chi connectivity index (χ1n) is 5.49. The van der Waals surface area contributed by atoms with Crippen LogP contribution in [0.25, 0.3) is 0 Å². The summed E-state index contributed by atoms with van der Waals surface area (Å²) in [6.07, 6.45) is 1.85. The highest BCUT2D eigenvalue weighted by Gasteiger charge is 2.17. The first-order chi connectivity index (χ1) is 8.31. The van der Waals surface area contributed by atoms with Gasteiger partial charge in [0, 0.05) is 35.0 Å². The molecule has 5 heteroatoms. The van der Waals surface area contributed by atoms with Crippen molar-refractivity contribution >= 4 is 22.7 Å². The standard InChI is InChI=1S/C12H16N2OS2/c1-9-3-4-10(17-9)11(13-5-7-15-2)12-14-6-8-16-12/h3-4,6,8,11,13H,5,7H2,1-2H3. The third kappa shape index (κ3) is 3.35. The van der Waals surface area contributed by atoms with Crippen molar-refractivity contribution in [2.24, 2.45) is 0 Å². The lowest BCUT2D eigenvalue weighted by molar-refractivity contribution is 0.197. The number of thiazole rings is 1. The molecule has 17 heavy (non-hydrogen) atoms. The minimum absolute atomic E-state index is 0.198. The molecule has 1 atom stereocenters. The topological polar surface area (TPSA) is 34.1 Å². The second-order valence-electron chi connectivity index (χ2n) is 3.70. The fourth-order valence-corrected chi connectivity index (χ4v) is 3.36. The normalized spacial score (nSPS) is 12.8. The number of hydrogen-bond acceptors (Lipinski definition) is 5. The van der Waals surface area contributed by atoms with Gasteiger partial charge in [-0.3, -0.25) is 0 Å². The first-order valence-corrected chi connectivity index (χ1v) is 7.19. The van der Waals surface area contributed by atoms with Crippen molar-refractivity contribution in [3.05, 3.63) is 38.5 Å². The van der Waals surface area contributed by atoms with E-state index in [4.69, 9.17) is 4.74 Å². The predicted molar refractivity (Wildman–Crippen MR) is 72.9 cm³/mol. The number of aryl methyl sites for hydroxylation is 1. The van der Waals surface area contributed by atoms with Gasteiger partial charge in [0.25, 0.3) is 0 Å². The van der Waals surface area contributed by atoms with E-state index in [2.05, 4.69) is 29.4 Å². The Hall–Kier alpha value is -0.750. The van der Waals surface area contributed by atoms with Crippen LogP contribution in [-0.2, 0) is 4.74 Å². The Kier molecular flexibility index (Phi) is 4.67. The largest absolute Gasteiger partial charge is 0.383 e. The molecular weight excluding hydrogens is 252 g/mol. The molecule has 0 aliphatic carbocycles. The Morgan fingerprint density at radius 3 is 2.94 bits per heavy atom. The quantitative estimate of drug-likeness (QED) is 0.818. The lowest BCUT2D eigenvalue weighted by atomic mass is 10.2. The Balaban J connectivity index is 2.13. The van der Waals surface area contributed by atoms with Crippen LogP contribution < -0.4 is 5.32 Å². The monoisotopic (exact) mass is 268 g/mol. The van der Waals surface area contributed by atoms with E-state index in [1.807, 2.05) is 22.9 Å². The lowest BCUT2D eigenvalue weighted by Gasteiger charge is -2.14. The summed E-state index contributed by atoms with van der Waals surface area (Å²) >= 11 is 3.50. The van der Waals surface area contributed by atoms with Crippen LogP contribution in [0.15, 0.2) is 23.7 Å². The molecule has 0 aliphatic rings. The van der Waals surface area contributed by atoms with Gasteiger partial charge in [-0.25, -0.2) is 4.98 Å². The number of ether oxygens (including phenoxy) is 1. The van der Waals surface area contributed by atoms with Crippen LogP contribution in [0.4, 0.5) is 0 Å². The first kappa shape index (κ1) is 12.7. The van der Waals surface area contributed by atoms with Crippen LogP contribution in [0.2, 0.25) is 0 Å². The molecule has 0 bridgehead atoms. The third-order valence-electron chi connectivity index (χ3n) is 2.40. The molecule has 0 aliphatic heterocycles. The zero-order valence-electron chi connectivity index (χ0n) is 9.97. The molecule has 2 heterocycles. The van der Waals surface area contributed by atoms with Gasteiger partial charge >= 0.3 is 0 Å². The van der Waals surface area contributed by atoms with Gasteiger partial charge in [-0.05, 0) is 19.1 Å². The molecule has 0 amide bonds. The molecule has 0 fully saturated rings. The summed E-state index contributed by atoms with van der Waals surface area (Å²) in [7, 11) is 1.72. The molecule has 0 saturated carbocycles. The predicted octanol–water partition coefficient (Wildman–Crippen LogP) is 2.84. The van der Waals surface area contributed by atoms with Crippen molar-refractivity contribution in [3.8, 4) is 0 Å². The second-order valence-corrected chi connectivity index (χ2v) is 5.94. The fourth-order valence-electron chi connectivity index (χ4n) is 1.60. The summed E-state index contributed by atoms with van der Waals surface area (Å²) in [6, 6.07) is 4.52. The maximum atomic E-state index is 5.07. The molecule has 1 N–H and O–H groups in total. The van der Waals surface area contributed by atoms with Gasteiger partial charge < -0.3 is 10.1 Å². The van der Waals surface area contributed by atoms with E-state index in [0.29, 0.717) is 6.61 Å². The van der Waals surface area contributed by atoms with E-state index >= 15 is 0 Å². The number of nitrogens with zero attached hydrogens (tertiary/aromatic N) is 1. The SMILES string of the molecule is COCCNC(c1ccc(C)s1)c1nccs1. The third-order valence-corrected chi connectivity index (χ3v) is 4.30. The number of nitrogens with one attached hydrogen (secondary N) is 1. The van der Waals surface area contributed by atoms with Crippen molar-refractivity contribution in [2.75, 3.05) is 20.3 Å². The summed E-state index contributed by atoms with van der Waals surface area (Å²) in [5, 5.41) is 6.61. The van der Waals surface area contributed by atoms with Crippen molar-refractivity contribution in [1.29, 1.82) is 0 Å². The molecule has 92 valence electrons. The van der Waals surface area contributed by atoms with E-state index in [1.54, 1.807) is 18.4 Å². The highest BCUT2D eigenvalue weighted by molar-refractivity contribution is 7.12. The molecule has 0 spiro atoms. The smallest absolute Gasteiger partial charge is 0.115 e. The average Bonchev–Trinajstić information content (AvgIpc) is 2.96. The van der Waals surface area contributed by atoms with Crippen LogP contribution >= 0.6 is 22.7 Å². The summed E-state index contributed by atoms with van der Waals surface area (Å²) in [5.41, 5.74) is 0. The molecule has 2 aromatic heterocycles. The molecule has 0 aromatic carbocycles. The van der Waals surface area contributed by atoms with Gasteiger partial charge in [-0.1, -0.05) is 0 Å². The summed E-state index contributed by atoms with van der Waals surface area (Å²) in [6.45, 7) is 3.67. The molecule has 2 aromatic rings. The zero-order valence-corrected chi connectivity index (χ0v) is 11.6. The van der Waals surface area contributed by atoms with E-state index < -0.39 is 0 Å². The lowest BCUT2D eigenvalue weighted by Crippen LogP contribution is -2.25. The maximum Gasteiger partial charge on any atom is 0.115 e. The number of thiophene rings is 1. The number of hydrogen-bond donors (Lipinski definition) is 1. The van der Waals surface area contributed by atoms with Crippen molar-refractivity contribution in [2.45, 2.75) is 13.0 Å². The number of aromatic nitrogens is 1. The van der Waals surface area contributed by atoms with Gasteiger partial charge in [0.15, 0.2) is 0 Å². The summed E-state index contributed by atoms with van der Waals surface area (Å²) < 4.78 is 5.07. The molecule has 1 unspecified atom stereocenters. The Morgan fingerprint density at radius 2 is 2.35 bits per heavy atom. The molecule has 0 radical (unpaired) electrons. The highest BCUT2D eigenvalue weighted by atomic mass is 32.1. The zero-order chi connectivity index (χ0) is 12.1. The Morgan fingerprint density at radius 1 is 1.47 bits per heavy atom. The molecule has 0 saturated heterocycles. The van der Waals surface area contributed by atoms with Crippen LogP contribution in [0, 0.1) is 6.92 Å². The highest BCUT2D eigenvalue weighted by Crippen LogP contribution is 2.29. The molecule has 2 rings (SSSR count). The van der Waals surface area contributed by atoms with Crippen molar-refractivity contribution in [1.82, 2.24) is 10.3 Å². The van der Waals surface area contributed by atoms with Crippen LogP contribution in [0.1, 0.15) is 20.8 Å². The van der Waals surface area contributed by atoms with Gasteiger partial charge in [0.1, 0.15) is 5.01 Å². The van der Waals surface area contributed by atoms with Gasteiger partial charge in [-0.2, -0.15) is 0 Å². The minimum atomic E-state index is 0.198.